The molecule has 7 nitrogen and oxygen atoms in total. The number of anilines is 2. The zero-order chi connectivity index (χ0) is 20.9. The standard InChI is InChI=1S/C23H29N5O2/c1-17(29)14-25-22-20(13-24)19-7-8-27(15-18-5-3-2-4-6-18)16-21(19)23(26-22)28-9-11-30-12-10-28/h2-6,17,29H,7-12,14-16H2,1H3,(H,25,26). The van der Waals surface area contributed by atoms with Crippen LogP contribution in [0.5, 0.6) is 0 Å². The molecule has 2 aliphatic rings. The molecule has 2 aliphatic heterocycles. The van der Waals surface area contributed by atoms with Gasteiger partial charge in [0.2, 0.25) is 0 Å². The van der Waals surface area contributed by atoms with Crippen molar-refractivity contribution in [3.8, 4) is 6.07 Å². The summed E-state index contributed by atoms with van der Waals surface area (Å²) in [5.74, 6) is 1.52. The van der Waals surface area contributed by atoms with Gasteiger partial charge in [-0.25, -0.2) is 4.98 Å². The van der Waals surface area contributed by atoms with E-state index < -0.39 is 6.10 Å². The van der Waals surface area contributed by atoms with Crippen LogP contribution in [0.4, 0.5) is 11.6 Å². The Morgan fingerprint density at radius 2 is 1.97 bits per heavy atom. The maximum Gasteiger partial charge on any atom is 0.146 e. The van der Waals surface area contributed by atoms with Gasteiger partial charge in [0.1, 0.15) is 17.7 Å². The highest BCUT2D eigenvalue weighted by atomic mass is 16.5. The van der Waals surface area contributed by atoms with Gasteiger partial charge in [-0.1, -0.05) is 30.3 Å². The van der Waals surface area contributed by atoms with E-state index in [1.807, 2.05) is 6.07 Å². The average molecular weight is 408 g/mol. The van der Waals surface area contributed by atoms with Gasteiger partial charge in [0.15, 0.2) is 0 Å². The lowest BCUT2D eigenvalue weighted by Crippen LogP contribution is -2.40. The molecule has 158 valence electrons. The number of rotatable bonds is 6. The van der Waals surface area contributed by atoms with Crippen LogP contribution >= 0.6 is 0 Å². The largest absolute Gasteiger partial charge is 0.392 e. The molecular formula is C23H29N5O2. The second kappa shape index (κ2) is 9.43. The maximum atomic E-state index is 9.90. The third-order valence-electron chi connectivity index (χ3n) is 5.69. The van der Waals surface area contributed by atoms with E-state index in [-0.39, 0.29) is 0 Å². The summed E-state index contributed by atoms with van der Waals surface area (Å²) in [6, 6.07) is 12.9. The van der Waals surface area contributed by atoms with Crippen molar-refractivity contribution in [1.29, 1.82) is 5.26 Å². The smallest absolute Gasteiger partial charge is 0.146 e. The molecule has 1 unspecified atom stereocenters. The van der Waals surface area contributed by atoms with Gasteiger partial charge in [-0.15, -0.1) is 0 Å². The molecule has 0 radical (unpaired) electrons. The van der Waals surface area contributed by atoms with Crippen LogP contribution < -0.4 is 10.2 Å². The van der Waals surface area contributed by atoms with Gasteiger partial charge in [-0.05, 0) is 24.5 Å². The van der Waals surface area contributed by atoms with Crippen molar-refractivity contribution in [3.05, 3.63) is 52.6 Å². The van der Waals surface area contributed by atoms with Crippen LogP contribution in [0.25, 0.3) is 0 Å². The predicted molar refractivity (Wildman–Crippen MR) is 116 cm³/mol. The average Bonchev–Trinajstić information content (AvgIpc) is 2.78. The fourth-order valence-corrected chi connectivity index (χ4v) is 4.18. The van der Waals surface area contributed by atoms with E-state index in [4.69, 9.17) is 9.72 Å². The second-order valence-corrected chi connectivity index (χ2v) is 8.00. The zero-order valence-corrected chi connectivity index (χ0v) is 17.5. The molecular weight excluding hydrogens is 378 g/mol. The molecule has 1 aromatic carbocycles. The van der Waals surface area contributed by atoms with Crippen LogP contribution in [-0.4, -0.2) is 60.5 Å². The van der Waals surface area contributed by atoms with Crippen LogP contribution in [0.2, 0.25) is 0 Å². The molecule has 0 amide bonds. The summed E-state index contributed by atoms with van der Waals surface area (Å²) in [6.45, 7) is 7.59. The fraction of sp³-hybridized carbons (Fsp3) is 0.478. The Bertz CT molecular complexity index is 904. The highest BCUT2D eigenvalue weighted by Crippen LogP contribution is 2.34. The Hall–Kier alpha value is -2.66. The first kappa shape index (κ1) is 20.6. The lowest BCUT2D eigenvalue weighted by molar-refractivity contribution is 0.122. The normalized spacial score (nSPS) is 17.8. The Balaban J connectivity index is 1.69. The Labute approximate surface area is 177 Å². The minimum Gasteiger partial charge on any atom is -0.392 e. The fourth-order valence-electron chi connectivity index (χ4n) is 4.18. The molecule has 7 heteroatoms. The van der Waals surface area contributed by atoms with E-state index in [1.165, 1.54) is 5.56 Å². The van der Waals surface area contributed by atoms with Gasteiger partial charge < -0.3 is 20.1 Å². The molecule has 0 bridgehead atoms. The van der Waals surface area contributed by atoms with Crippen molar-refractivity contribution in [1.82, 2.24) is 9.88 Å². The Morgan fingerprint density at radius 3 is 2.67 bits per heavy atom. The highest BCUT2D eigenvalue weighted by molar-refractivity contribution is 5.67. The third-order valence-corrected chi connectivity index (χ3v) is 5.69. The highest BCUT2D eigenvalue weighted by Gasteiger charge is 2.28. The summed E-state index contributed by atoms with van der Waals surface area (Å²) in [6.07, 6.45) is 0.302. The molecule has 1 atom stereocenters. The number of nitriles is 1. The number of nitrogens with one attached hydrogen (secondary N) is 1. The molecule has 4 rings (SSSR count). The first-order valence-corrected chi connectivity index (χ1v) is 10.6. The number of pyridine rings is 1. The first-order valence-electron chi connectivity index (χ1n) is 10.6. The SMILES string of the molecule is CC(O)CNc1nc(N2CCOCC2)c2c(c1C#N)CCN(Cc1ccccc1)C2. The lowest BCUT2D eigenvalue weighted by atomic mass is 9.94. The number of morpholine rings is 1. The van der Waals surface area contributed by atoms with Gasteiger partial charge in [-0.3, -0.25) is 4.90 Å². The van der Waals surface area contributed by atoms with Gasteiger partial charge >= 0.3 is 0 Å². The zero-order valence-electron chi connectivity index (χ0n) is 17.5. The number of benzene rings is 1. The van der Waals surface area contributed by atoms with E-state index in [9.17, 15) is 10.4 Å². The summed E-state index contributed by atoms with van der Waals surface area (Å²) in [7, 11) is 0. The van der Waals surface area contributed by atoms with Crippen LogP contribution in [0.1, 0.15) is 29.2 Å². The van der Waals surface area contributed by atoms with Crippen LogP contribution in [0, 0.1) is 11.3 Å². The summed E-state index contributed by atoms with van der Waals surface area (Å²) in [5.41, 5.74) is 4.14. The van der Waals surface area contributed by atoms with Gasteiger partial charge in [-0.2, -0.15) is 5.26 Å². The minimum absolute atomic E-state index is 0.364. The third kappa shape index (κ3) is 4.57. The molecule has 0 aliphatic carbocycles. The van der Waals surface area contributed by atoms with Crippen LogP contribution in [-0.2, 0) is 24.2 Å². The van der Waals surface area contributed by atoms with Crippen molar-refractivity contribution in [2.24, 2.45) is 0 Å². The maximum absolute atomic E-state index is 9.90. The van der Waals surface area contributed by atoms with E-state index >= 15 is 0 Å². The van der Waals surface area contributed by atoms with Crippen LogP contribution in [0.15, 0.2) is 30.3 Å². The molecule has 1 aromatic heterocycles. The number of aliphatic hydroxyl groups excluding tert-OH is 1. The van der Waals surface area contributed by atoms with Crippen molar-refractivity contribution >= 4 is 11.6 Å². The summed E-state index contributed by atoms with van der Waals surface area (Å²) < 4.78 is 5.54. The molecule has 0 saturated carbocycles. The molecule has 3 heterocycles. The Morgan fingerprint density at radius 1 is 1.20 bits per heavy atom. The van der Waals surface area contributed by atoms with E-state index in [0.717, 1.165) is 56.1 Å². The number of aromatic nitrogens is 1. The van der Waals surface area contributed by atoms with Crippen molar-refractivity contribution in [2.75, 3.05) is 49.6 Å². The topological polar surface area (TPSA) is 84.6 Å². The molecule has 2 aromatic rings. The van der Waals surface area contributed by atoms with E-state index in [1.54, 1.807) is 6.92 Å². The number of fused-ring (bicyclic) bond motifs is 1. The minimum atomic E-state index is -0.512. The Kier molecular flexibility index (Phi) is 6.48. The molecule has 30 heavy (non-hydrogen) atoms. The number of aliphatic hydroxyl groups is 1. The summed E-state index contributed by atoms with van der Waals surface area (Å²) >= 11 is 0. The summed E-state index contributed by atoms with van der Waals surface area (Å²) in [5, 5.41) is 22.8. The summed E-state index contributed by atoms with van der Waals surface area (Å²) in [4.78, 5) is 9.58. The molecule has 1 saturated heterocycles. The number of hydrogen-bond donors (Lipinski definition) is 2. The van der Waals surface area contributed by atoms with E-state index in [2.05, 4.69) is 45.5 Å². The van der Waals surface area contributed by atoms with Gasteiger partial charge in [0.25, 0.3) is 0 Å². The van der Waals surface area contributed by atoms with Gasteiger partial charge in [0.05, 0.1) is 24.9 Å². The van der Waals surface area contributed by atoms with Crippen LogP contribution in [0.3, 0.4) is 0 Å². The van der Waals surface area contributed by atoms with Crippen molar-refractivity contribution < 1.29 is 9.84 Å². The first-order chi connectivity index (χ1) is 14.7. The number of nitrogens with zero attached hydrogens (tertiary/aromatic N) is 4. The van der Waals surface area contributed by atoms with Crippen molar-refractivity contribution in [2.45, 2.75) is 32.5 Å². The molecule has 0 spiro atoms. The van der Waals surface area contributed by atoms with E-state index in [0.29, 0.717) is 31.1 Å². The van der Waals surface area contributed by atoms with Crippen molar-refractivity contribution in [3.63, 3.8) is 0 Å². The number of ether oxygens (including phenoxy) is 1. The predicted octanol–water partition coefficient (Wildman–Crippen LogP) is 2.14. The monoisotopic (exact) mass is 407 g/mol. The second-order valence-electron chi connectivity index (χ2n) is 8.00. The lowest BCUT2D eigenvalue weighted by Gasteiger charge is -2.35. The van der Waals surface area contributed by atoms with Gasteiger partial charge in [0, 0.05) is 44.8 Å². The quantitative estimate of drug-likeness (QED) is 0.759. The number of hydrogen-bond acceptors (Lipinski definition) is 7. The molecule has 2 N–H and O–H groups in total. The molecule has 1 fully saturated rings.